The number of halogens is 3. The van der Waals surface area contributed by atoms with E-state index in [1.165, 1.54) is 50.2 Å². The second kappa shape index (κ2) is 10.0. The first-order valence-electron chi connectivity index (χ1n) is 11.3. The lowest BCUT2D eigenvalue weighted by Gasteiger charge is -2.26. The minimum absolute atomic E-state index is 0.00914. The average molecular weight is 515 g/mol. The minimum Gasteiger partial charge on any atom is -0.486 e. The number of carbonyl (C=O) groups excluding carboxylic acids is 1. The van der Waals surface area contributed by atoms with E-state index >= 15 is 0 Å². The number of benzene rings is 3. The lowest BCUT2D eigenvalue weighted by Crippen LogP contribution is -2.34. The molecular formula is C27H24F3NO6. The van der Waals surface area contributed by atoms with Gasteiger partial charge in [0.15, 0.2) is 29.2 Å². The van der Waals surface area contributed by atoms with Crippen LogP contribution in [0, 0.1) is 24.4 Å². The molecule has 1 aliphatic rings. The van der Waals surface area contributed by atoms with Crippen LogP contribution in [0.3, 0.4) is 0 Å². The third-order valence-electron chi connectivity index (χ3n) is 6.00. The first-order chi connectivity index (χ1) is 17.5. The summed E-state index contributed by atoms with van der Waals surface area (Å²) < 4.78 is 59.2. The molecule has 0 aliphatic carbocycles. The molecule has 0 radical (unpaired) electrons. The number of ether oxygens (including phenoxy) is 3. The average Bonchev–Trinajstić information content (AvgIpc) is 2.84. The predicted octanol–water partition coefficient (Wildman–Crippen LogP) is 5.25. The van der Waals surface area contributed by atoms with Crippen LogP contribution in [0.25, 0.3) is 0 Å². The fourth-order valence-electron chi connectivity index (χ4n) is 3.76. The van der Waals surface area contributed by atoms with Crippen LogP contribution < -0.4 is 19.5 Å². The predicted molar refractivity (Wildman–Crippen MR) is 128 cm³/mol. The van der Waals surface area contributed by atoms with E-state index in [9.17, 15) is 27.9 Å². The second-order valence-electron chi connectivity index (χ2n) is 9.13. The number of fused-ring (bicyclic) bond motifs is 1. The van der Waals surface area contributed by atoms with Gasteiger partial charge in [0.2, 0.25) is 0 Å². The Bertz CT molecular complexity index is 1370. The highest BCUT2D eigenvalue weighted by molar-refractivity contribution is 6.05. The van der Waals surface area contributed by atoms with Gasteiger partial charge in [-0.3, -0.25) is 9.59 Å². The van der Waals surface area contributed by atoms with Gasteiger partial charge in [0.1, 0.15) is 24.8 Å². The van der Waals surface area contributed by atoms with Crippen molar-refractivity contribution in [1.82, 2.24) is 0 Å². The fourth-order valence-corrected chi connectivity index (χ4v) is 3.76. The molecule has 37 heavy (non-hydrogen) atoms. The molecule has 1 amide bonds. The molecule has 2 N–H and O–H groups in total. The summed E-state index contributed by atoms with van der Waals surface area (Å²) in [5, 5.41) is 12.0. The Morgan fingerprint density at radius 1 is 1.05 bits per heavy atom. The topological polar surface area (TPSA) is 94.1 Å². The van der Waals surface area contributed by atoms with E-state index in [1.54, 1.807) is 6.92 Å². The van der Waals surface area contributed by atoms with E-state index in [1.807, 2.05) is 0 Å². The van der Waals surface area contributed by atoms with Gasteiger partial charge in [0.05, 0.1) is 5.41 Å². The molecule has 0 saturated heterocycles. The lowest BCUT2D eigenvalue weighted by atomic mass is 9.84. The van der Waals surface area contributed by atoms with Gasteiger partial charge in [0.25, 0.3) is 5.91 Å². The number of anilines is 1. The third kappa shape index (κ3) is 5.47. The number of aliphatic carboxylic acids is 1. The first kappa shape index (κ1) is 25.9. The summed E-state index contributed by atoms with van der Waals surface area (Å²) in [4.78, 5) is 24.4. The summed E-state index contributed by atoms with van der Waals surface area (Å²) in [6.45, 7) is 4.32. The highest BCUT2D eigenvalue weighted by atomic mass is 19.1. The number of nitrogens with one attached hydrogen (secondary N) is 1. The Kier molecular flexibility index (Phi) is 7.02. The standard InChI is InChI=1S/C27H24F3NO6/c1-14-8-23(36-13-17-12-35-22-7-4-15(28)9-24(22)37-17)21(30)11-18(14)25(32)31-16-5-6-20(29)19(10-16)27(2,3)26(33)34/h4-11,17H,12-13H2,1-3H3,(H,31,32)(H,33,34)/t17-/m1/s1. The maximum absolute atomic E-state index is 14.8. The number of carbonyl (C=O) groups is 2. The Hall–Kier alpha value is -4.21. The number of hydrogen-bond acceptors (Lipinski definition) is 5. The zero-order valence-electron chi connectivity index (χ0n) is 20.2. The maximum atomic E-state index is 14.8. The van der Waals surface area contributed by atoms with Crippen molar-refractivity contribution in [3.63, 3.8) is 0 Å². The molecule has 0 spiro atoms. The van der Waals surface area contributed by atoms with Crippen LogP contribution >= 0.6 is 0 Å². The maximum Gasteiger partial charge on any atom is 0.313 e. The second-order valence-corrected chi connectivity index (χ2v) is 9.13. The molecule has 194 valence electrons. The van der Waals surface area contributed by atoms with Crippen molar-refractivity contribution < 1.29 is 42.1 Å². The number of rotatable bonds is 7. The summed E-state index contributed by atoms with van der Waals surface area (Å²) in [5.41, 5.74) is -1.08. The van der Waals surface area contributed by atoms with E-state index in [-0.39, 0.29) is 41.5 Å². The van der Waals surface area contributed by atoms with Crippen molar-refractivity contribution in [2.24, 2.45) is 0 Å². The smallest absolute Gasteiger partial charge is 0.313 e. The number of carboxylic acids is 1. The van der Waals surface area contributed by atoms with E-state index in [0.29, 0.717) is 11.3 Å². The quantitative estimate of drug-likeness (QED) is 0.447. The minimum atomic E-state index is -1.53. The molecule has 0 bridgehead atoms. The fraction of sp³-hybridized carbons (Fsp3) is 0.259. The van der Waals surface area contributed by atoms with Gasteiger partial charge >= 0.3 is 5.97 Å². The largest absolute Gasteiger partial charge is 0.486 e. The molecule has 0 aromatic heterocycles. The van der Waals surface area contributed by atoms with Crippen molar-refractivity contribution >= 4 is 17.6 Å². The normalized spacial score (nSPS) is 14.7. The van der Waals surface area contributed by atoms with Crippen LogP contribution in [0.15, 0.2) is 48.5 Å². The SMILES string of the molecule is Cc1cc(OC[C@H]2COc3ccc(F)cc3O2)c(F)cc1C(=O)Nc1ccc(F)c(C(C)(C)C(=O)O)c1. The highest BCUT2D eigenvalue weighted by Crippen LogP contribution is 2.33. The van der Waals surface area contributed by atoms with Gasteiger partial charge in [0, 0.05) is 22.9 Å². The van der Waals surface area contributed by atoms with Crippen LogP contribution in [-0.2, 0) is 10.2 Å². The monoisotopic (exact) mass is 515 g/mol. The Labute approximate surface area is 210 Å². The van der Waals surface area contributed by atoms with Gasteiger partial charge in [-0.05, 0) is 68.8 Å². The summed E-state index contributed by atoms with van der Waals surface area (Å²) >= 11 is 0. The molecule has 1 heterocycles. The Morgan fingerprint density at radius 3 is 2.54 bits per heavy atom. The van der Waals surface area contributed by atoms with Crippen LogP contribution in [0.4, 0.5) is 18.9 Å². The van der Waals surface area contributed by atoms with Crippen molar-refractivity contribution in [2.45, 2.75) is 32.3 Å². The van der Waals surface area contributed by atoms with Crippen LogP contribution in [-0.4, -0.2) is 36.3 Å². The van der Waals surface area contributed by atoms with Crippen LogP contribution in [0.1, 0.15) is 35.3 Å². The van der Waals surface area contributed by atoms with E-state index in [2.05, 4.69) is 5.32 Å². The Morgan fingerprint density at radius 2 is 1.81 bits per heavy atom. The Balaban J connectivity index is 1.45. The number of amides is 1. The number of hydrogen-bond donors (Lipinski definition) is 2. The van der Waals surface area contributed by atoms with Crippen molar-refractivity contribution in [2.75, 3.05) is 18.5 Å². The summed E-state index contributed by atoms with van der Waals surface area (Å²) in [6, 6.07) is 9.83. The van der Waals surface area contributed by atoms with E-state index in [4.69, 9.17) is 14.2 Å². The molecule has 0 saturated carbocycles. The van der Waals surface area contributed by atoms with Gasteiger partial charge in [-0.1, -0.05) is 0 Å². The van der Waals surface area contributed by atoms with Crippen LogP contribution in [0.2, 0.25) is 0 Å². The van der Waals surface area contributed by atoms with Gasteiger partial charge in [-0.15, -0.1) is 0 Å². The molecule has 3 aromatic rings. The molecule has 1 aliphatic heterocycles. The molecular weight excluding hydrogens is 491 g/mol. The zero-order chi connectivity index (χ0) is 26.9. The number of carboxylic acid groups (broad SMARTS) is 1. The lowest BCUT2D eigenvalue weighted by molar-refractivity contribution is -0.142. The molecule has 3 aromatic carbocycles. The summed E-state index contributed by atoms with van der Waals surface area (Å²) in [6.07, 6.45) is -0.611. The molecule has 7 nitrogen and oxygen atoms in total. The third-order valence-corrected chi connectivity index (χ3v) is 6.00. The first-order valence-corrected chi connectivity index (χ1v) is 11.3. The van der Waals surface area contributed by atoms with E-state index < -0.39 is 40.8 Å². The van der Waals surface area contributed by atoms with Crippen molar-refractivity contribution in [3.05, 3.63) is 82.7 Å². The molecule has 0 unspecified atom stereocenters. The van der Waals surface area contributed by atoms with Crippen LogP contribution in [0.5, 0.6) is 17.2 Å². The zero-order valence-corrected chi connectivity index (χ0v) is 20.2. The molecule has 1 atom stereocenters. The summed E-state index contributed by atoms with van der Waals surface area (Å²) in [5.74, 6) is -3.41. The molecule has 10 heteroatoms. The van der Waals surface area contributed by atoms with Gasteiger partial charge in [-0.2, -0.15) is 0 Å². The molecule has 4 rings (SSSR count). The summed E-state index contributed by atoms with van der Waals surface area (Å²) in [7, 11) is 0. The van der Waals surface area contributed by atoms with E-state index in [0.717, 1.165) is 12.1 Å². The van der Waals surface area contributed by atoms with Gasteiger partial charge < -0.3 is 24.6 Å². The van der Waals surface area contributed by atoms with Crippen molar-refractivity contribution in [3.8, 4) is 17.2 Å². The van der Waals surface area contributed by atoms with Gasteiger partial charge in [-0.25, -0.2) is 13.2 Å². The number of aryl methyl sites for hydroxylation is 1. The highest BCUT2D eigenvalue weighted by Gasteiger charge is 2.32. The van der Waals surface area contributed by atoms with Crippen molar-refractivity contribution in [1.29, 1.82) is 0 Å². The molecule has 0 fully saturated rings.